The molecule has 0 aromatic rings. The average Bonchev–Trinajstić information content (AvgIpc) is 2.30. The topological polar surface area (TPSA) is 111 Å². The average molecular weight is 192 g/mol. The first-order valence-electron chi connectivity index (χ1n) is 3.54. The zero-order valence-electron chi connectivity index (χ0n) is 6.53. The van der Waals surface area contributed by atoms with Crippen LogP contribution in [0, 0.1) is 0 Å². The molecule has 1 saturated heterocycles. The molecule has 0 bridgehead atoms. The first-order chi connectivity index (χ1) is 5.53. The molecular formula is C5H12N4O2S. The molecule has 1 heterocycles. The summed E-state index contributed by atoms with van der Waals surface area (Å²) < 4.78 is 21.9. The van der Waals surface area contributed by atoms with Crippen molar-refractivity contribution in [2.45, 2.75) is 12.5 Å². The molecule has 1 aliphatic heterocycles. The van der Waals surface area contributed by atoms with Crippen molar-refractivity contribution in [1.82, 2.24) is 5.43 Å². The number of hydrogen-bond acceptors (Lipinski definition) is 4. The van der Waals surface area contributed by atoms with E-state index in [2.05, 4.69) is 10.4 Å². The smallest absolute Gasteiger partial charge is 0.203 e. The number of rotatable bonds is 1. The van der Waals surface area contributed by atoms with Crippen LogP contribution >= 0.6 is 0 Å². The molecule has 1 atom stereocenters. The van der Waals surface area contributed by atoms with Gasteiger partial charge in [-0.05, 0) is 6.42 Å². The molecule has 0 saturated carbocycles. The van der Waals surface area contributed by atoms with Gasteiger partial charge in [-0.2, -0.15) is 0 Å². The number of hydrazine groups is 1. The van der Waals surface area contributed by atoms with E-state index in [1.165, 1.54) is 0 Å². The molecule has 7 heteroatoms. The second-order valence-electron chi connectivity index (χ2n) is 2.72. The molecule has 0 aromatic carbocycles. The Morgan fingerprint density at radius 2 is 2.25 bits per heavy atom. The lowest BCUT2D eigenvalue weighted by atomic mass is 10.3. The fourth-order valence-electron chi connectivity index (χ4n) is 1.11. The van der Waals surface area contributed by atoms with Gasteiger partial charge in [0.25, 0.3) is 0 Å². The SMILES string of the molecule is NNC(N)=NC1CCS(=O)(=O)C1. The van der Waals surface area contributed by atoms with Crippen molar-refractivity contribution >= 4 is 15.8 Å². The number of aliphatic imine (C=N–C) groups is 1. The van der Waals surface area contributed by atoms with Crippen molar-refractivity contribution in [2.75, 3.05) is 11.5 Å². The summed E-state index contributed by atoms with van der Waals surface area (Å²) in [5, 5.41) is 0. The Labute approximate surface area is 70.9 Å². The fraction of sp³-hybridized carbons (Fsp3) is 0.800. The van der Waals surface area contributed by atoms with Crippen LogP contribution in [0.4, 0.5) is 0 Å². The first kappa shape index (κ1) is 9.27. The predicted octanol–water partition coefficient (Wildman–Crippen LogP) is -2.05. The monoisotopic (exact) mass is 192 g/mol. The molecule has 6 nitrogen and oxygen atoms in total. The van der Waals surface area contributed by atoms with E-state index >= 15 is 0 Å². The third-order valence-corrected chi connectivity index (χ3v) is 3.43. The number of nitrogens with zero attached hydrogens (tertiary/aromatic N) is 1. The quantitative estimate of drug-likeness (QED) is 0.192. The Bertz CT molecular complexity index is 284. The van der Waals surface area contributed by atoms with Crippen molar-refractivity contribution in [3.05, 3.63) is 0 Å². The summed E-state index contributed by atoms with van der Waals surface area (Å²) in [6.45, 7) is 0. The summed E-state index contributed by atoms with van der Waals surface area (Å²) in [7, 11) is -2.88. The van der Waals surface area contributed by atoms with Gasteiger partial charge in [-0.15, -0.1) is 0 Å². The van der Waals surface area contributed by atoms with Crippen LogP contribution in [-0.4, -0.2) is 31.9 Å². The van der Waals surface area contributed by atoms with Crippen LogP contribution < -0.4 is 17.0 Å². The van der Waals surface area contributed by atoms with Crippen LogP contribution in [0.2, 0.25) is 0 Å². The summed E-state index contributed by atoms with van der Waals surface area (Å²) in [5.74, 6) is 5.32. The van der Waals surface area contributed by atoms with E-state index in [9.17, 15) is 8.42 Å². The van der Waals surface area contributed by atoms with Crippen molar-refractivity contribution in [2.24, 2.45) is 16.6 Å². The van der Waals surface area contributed by atoms with E-state index in [0.29, 0.717) is 6.42 Å². The molecule has 5 N–H and O–H groups in total. The van der Waals surface area contributed by atoms with Gasteiger partial charge in [0.1, 0.15) is 0 Å². The molecule has 12 heavy (non-hydrogen) atoms. The lowest BCUT2D eigenvalue weighted by Crippen LogP contribution is -2.38. The molecule has 1 aliphatic rings. The molecule has 1 unspecified atom stereocenters. The standard InChI is InChI=1S/C5H12N4O2S/c6-5(9-7)8-4-1-2-12(10,11)3-4/h4H,1-3,7H2,(H3,6,8,9). The second-order valence-corrected chi connectivity index (χ2v) is 4.94. The highest BCUT2D eigenvalue weighted by atomic mass is 32.2. The van der Waals surface area contributed by atoms with Crippen molar-refractivity contribution < 1.29 is 8.42 Å². The highest BCUT2D eigenvalue weighted by Gasteiger charge is 2.27. The highest BCUT2D eigenvalue weighted by Crippen LogP contribution is 2.13. The Morgan fingerprint density at radius 3 is 2.67 bits per heavy atom. The second kappa shape index (κ2) is 3.28. The van der Waals surface area contributed by atoms with Gasteiger partial charge in [0, 0.05) is 0 Å². The number of hydrogen-bond donors (Lipinski definition) is 3. The lowest BCUT2D eigenvalue weighted by molar-refractivity contribution is 0.601. The van der Waals surface area contributed by atoms with Gasteiger partial charge in [0.05, 0.1) is 17.5 Å². The van der Waals surface area contributed by atoms with Gasteiger partial charge < -0.3 is 5.73 Å². The maximum atomic E-state index is 10.9. The molecule has 1 fully saturated rings. The molecule has 1 rings (SSSR count). The fourth-order valence-corrected chi connectivity index (χ4v) is 2.74. The summed E-state index contributed by atoms with van der Waals surface area (Å²) >= 11 is 0. The maximum absolute atomic E-state index is 10.9. The Kier molecular flexibility index (Phi) is 2.53. The molecule has 70 valence electrons. The van der Waals surface area contributed by atoms with E-state index in [1.807, 2.05) is 0 Å². The minimum atomic E-state index is -2.88. The van der Waals surface area contributed by atoms with E-state index in [1.54, 1.807) is 0 Å². The molecule has 0 aliphatic carbocycles. The number of nitrogens with two attached hydrogens (primary N) is 2. The van der Waals surface area contributed by atoms with E-state index in [-0.39, 0.29) is 23.5 Å². The Balaban J connectivity index is 2.60. The molecule has 0 amide bonds. The summed E-state index contributed by atoms with van der Waals surface area (Å²) in [6.07, 6.45) is 0.532. The van der Waals surface area contributed by atoms with E-state index in [4.69, 9.17) is 11.6 Å². The highest BCUT2D eigenvalue weighted by molar-refractivity contribution is 7.91. The maximum Gasteiger partial charge on any atom is 0.203 e. The van der Waals surface area contributed by atoms with Gasteiger partial charge >= 0.3 is 0 Å². The molecular weight excluding hydrogens is 180 g/mol. The number of guanidine groups is 1. The summed E-state index contributed by atoms with van der Waals surface area (Å²) in [5.41, 5.74) is 7.41. The summed E-state index contributed by atoms with van der Waals surface area (Å²) in [6, 6.07) is -0.231. The van der Waals surface area contributed by atoms with Crippen LogP contribution in [0.1, 0.15) is 6.42 Å². The van der Waals surface area contributed by atoms with Gasteiger partial charge in [-0.25, -0.2) is 19.3 Å². The minimum absolute atomic E-state index is 0.0787. The van der Waals surface area contributed by atoms with Gasteiger partial charge in [0.2, 0.25) is 5.96 Å². The Morgan fingerprint density at radius 1 is 1.58 bits per heavy atom. The largest absolute Gasteiger partial charge is 0.369 e. The van der Waals surface area contributed by atoms with Crippen molar-refractivity contribution in [3.63, 3.8) is 0 Å². The van der Waals surface area contributed by atoms with Crippen LogP contribution in [0.5, 0.6) is 0 Å². The predicted molar refractivity (Wildman–Crippen MR) is 46.0 cm³/mol. The van der Waals surface area contributed by atoms with Crippen LogP contribution in [0.25, 0.3) is 0 Å². The third-order valence-electron chi connectivity index (χ3n) is 1.68. The molecule has 0 radical (unpaired) electrons. The van der Waals surface area contributed by atoms with Crippen LogP contribution in [0.15, 0.2) is 4.99 Å². The normalized spacial score (nSPS) is 28.8. The number of sulfone groups is 1. The number of nitrogens with one attached hydrogen (secondary N) is 1. The Hall–Kier alpha value is -0.820. The molecule has 0 spiro atoms. The van der Waals surface area contributed by atoms with Gasteiger partial charge in [-0.3, -0.25) is 5.43 Å². The zero-order chi connectivity index (χ0) is 9.19. The van der Waals surface area contributed by atoms with Crippen molar-refractivity contribution in [3.8, 4) is 0 Å². The van der Waals surface area contributed by atoms with E-state index in [0.717, 1.165) is 0 Å². The summed E-state index contributed by atoms with van der Waals surface area (Å²) in [4.78, 5) is 3.87. The van der Waals surface area contributed by atoms with E-state index < -0.39 is 9.84 Å². The first-order valence-corrected chi connectivity index (χ1v) is 5.36. The zero-order valence-corrected chi connectivity index (χ0v) is 7.34. The van der Waals surface area contributed by atoms with Gasteiger partial charge in [-0.1, -0.05) is 0 Å². The van der Waals surface area contributed by atoms with Gasteiger partial charge in [0.15, 0.2) is 9.84 Å². The van der Waals surface area contributed by atoms with Crippen LogP contribution in [0.3, 0.4) is 0 Å². The lowest BCUT2D eigenvalue weighted by Gasteiger charge is -2.02. The molecule has 0 aromatic heterocycles. The van der Waals surface area contributed by atoms with Crippen molar-refractivity contribution in [1.29, 1.82) is 0 Å². The third kappa shape index (κ3) is 2.35. The van der Waals surface area contributed by atoms with Crippen LogP contribution in [-0.2, 0) is 9.84 Å². The minimum Gasteiger partial charge on any atom is -0.369 e.